The van der Waals surface area contributed by atoms with E-state index in [1.54, 1.807) is 15.4 Å². The number of hydrogen-bond donors (Lipinski definition) is 2. The van der Waals surface area contributed by atoms with Crippen LogP contribution in [-0.4, -0.2) is 30.4 Å². The van der Waals surface area contributed by atoms with E-state index in [2.05, 4.69) is 15.3 Å². The number of carboxylic acids is 1. The first-order valence-corrected chi connectivity index (χ1v) is 8.56. The van der Waals surface area contributed by atoms with Crippen molar-refractivity contribution in [2.24, 2.45) is 7.05 Å². The third kappa shape index (κ3) is 2.81. The van der Waals surface area contributed by atoms with Gasteiger partial charge in [0.05, 0.1) is 22.5 Å². The van der Waals surface area contributed by atoms with Gasteiger partial charge in [0, 0.05) is 12.4 Å². The van der Waals surface area contributed by atoms with Crippen LogP contribution in [-0.2, 0) is 7.05 Å². The predicted octanol–water partition coefficient (Wildman–Crippen LogP) is 2.87. The molecule has 2 N–H and O–H groups in total. The first-order chi connectivity index (χ1) is 13.5. The number of fused-ring (bicyclic) bond motifs is 1. The van der Waals surface area contributed by atoms with E-state index in [4.69, 9.17) is 5.11 Å². The molecule has 0 amide bonds. The summed E-state index contributed by atoms with van der Waals surface area (Å²) in [5.74, 6) is -0.590. The molecule has 0 aliphatic rings. The van der Waals surface area contributed by atoms with Crippen LogP contribution in [0.15, 0.2) is 59.7 Å². The summed E-state index contributed by atoms with van der Waals surface area (Å²) in [6.07, 6.45) is 1.34. The van der Waals surface area contributed by atoms with E-state index in [1.807, 2.05) is 44.3 Å². The number of carboxylic acid groups (broad SMARTS) is 1. The molecule has 0 aliphatic heterocycles. The number of nitrogens with one attached hydrogen (secondary N) is 1. The summed E-state index contributed by atoms with van der Waals surface area (Å²) in [6.45, 7) is 1.84. The Morgan fingerprint density at radius 1 is 1.11 bits per heavy atom. The molecule has 0 bridgehead atoms. The quantitative estimate of drug-likeness (QED) is 0.569. The normalized spacial score (nSPS) is 10.9. The number of aromatic nitrogens is 4. The highest BCUT2D eigenvalue weighted by Crippen LogP contribution is 2.24. The number of para-hydroxylation sites is 1. The van der Waals surface area contributed by atoms with E-state index < -0.39 is 5.97 Å². The second-order valence-corrected chi connectivity index (χ2v) is 6.32. The second kappa shape index (κ2) is 6.66. The van der Waals surface area contributed by atoms with Crippen molar-refractivity contribution in [2.75, 3.05) is 5.32 Å². The molecule has 0 atom stereocenters. The smallest absolute Gasteiger partial charge is 0.335 e. The van der Waals surface area contributed by atoms with E-state index in [0.29, 0.717) is 22.4 Å². The fourth-order valence-corrected chi connectivity index (χ4v) is 3.12. The standard InChI is InChI=1S/C20H17N5O3/c1-12-17(19(26)25(24(12)2)14-6-4-3-5-7-14)23-18-15-9-8-13(20(27)28)10-16(15)21-11-22-18/h3-11H,1-2H3,(H,27,28)(H,21,22,23). The van der Waals surface area contributed by atoms with Gasteiger partial charge in [-0.25, -0.2) is 19.4 Å². The summed E-state index contributed by atoms with van der Waals surface area (Å²) < 4.78 is 3.34. The van der Waals surface area contributed by atoms with Gasteiger partial charge in [0.25, 0.3) is 5.56 Å². The topological polar surface area (TPSA) is 102 Å². The van der Waals surface area contributed by atoms with E-state index in [1.165, 1.54) is 18.5 Å². The maximum atomic E-state index is 13.1. The van der Waals surface area contributed by atoms with Crippen LogP contribution in [0.3, 0.4) is 0 Å². The number of aromatic carboxylic acids is 1. The molecule has 0 saturated carbocycles. The molecule has 0 spiro atoms. The summed E-state index contributed by atoms with van der Waals surface area (Å²) in [7, 11) is 1.81. The van der Waals surface area contributed by atoms with Crippen LogP contribution in [0.25, 0.3) is 16.6 Å². The summed E-state index contributed by atoms with van der Waals surface area (Å²) in [5.41, 5.74) is 2.30. The Labute approximate surface area is 159 Å². The van der Waals surface area contributed by atoms with Gasteiger partial charge in [-0.05, 0) is 37.3 Å². The van der Waals surface area contributed by atoms with Crippen molar-refractivity contribution >= 4 is 28.4 Å². The van der Waals surface area contributed by atoms with Gasteiger partial charge in [0.15, 0.2) is 0 Å². The minimum atomic E-state index is -1.03. The van der Waals surface area contributed by atoms with Crippen LogP contribution < -0.4 is 10.9 Å². The van der Waals surface area contributed by atoms with Crippen molar-refractivity contribution in [3.63, 3.8) is 0 Å². The molecule has 0 unspecified atom stereocenters. The molecule has 0 fully saturated rings. The Morgan fingerprint density at radius 3 is 2.57 bits per heavy atom. The summed E-state index contributed by atoms with van der Waals surface area (Å²) in [5, 5.41) is 12.9. The highest BCUT2D eigenvalue weighted by atomic mass is 16.4. The van der Waals surface area contributed by atoms with Crippen molar-refractivity contribution in [1.29, 1.82) is 0 Å². The zero-order valence-corrected chi connectivity index (χ0v) is 15.2. The van der Waals surface area contributed by atoms with E-state index in [-0.39, 0.29) is 11.1 Å². The third-order valence-electron chi connectivity index (χ3n) is 4.68. The maximum absolute atomic E-state index is 13.1. The molecule has 4 aromatic rings. The summed E-state index contributed by atoms with van der Waals surface area (Å²) in [6, 6.07) is 13.9. The number of benzene rings is 2. The van der Waals surface area contributed by atoms with Gasteiger partial charge >= 0.3 is 5.97 Å². The largest absolute Gasteiger partial charge is 0.478 e. The van der Waals surface area contributed by atoms with Gasteiger partial charge in [-0.15, -0.1) is 0 Å². The zero-order chi connectivity index (χ0) is 19.8. The Morgan fingerprint density at radius 2 is 1.86 bits per heavy atom. The SMILES string of the molecule is Cc1c(Nc2ncnc3cc(C(=O)O)ccc23)c(=O)n(-c2ccccc2)n1C. The molecule has 0 saturated heterocycles. The third-order valence-corrected chi connectivity index (χ3v) is 4.68. The molecular weight excluding hydrogens is 358 g/mol. The first kappa shape index (κ1) is 17.5. The molecule has 140 valence electrons. The number of nitrogens with zero attached hydrogens (tertiary/aromatic N) is 4. The number of carbonyl (C=O) groups is 1. The summed E-state index contributed by atoms with van der Waals surface area (Å²) >= 11 is 0. The molecule has 2 aromatic carbocycles. The average Bonchev–Trinajstić information content (AvgIpc) is 2.91. The van der Waals surface area contributed by atoms with Gasteiger partial charge in [-0.2, -0.15) is 0 Å². The van der Waals surface area contributed by atoms with Crippen molar-refractivity contribution in [1.82, 2.24) is 19.3 Å². The molecule has 2 heterocycles. The molecule has 28 heavy (non-hydrogen) atoms. The molecular formula is C20H17N5O3. The number of anilines is 2. The Hall–Kier alpha value is -3.94. The lowest BCUT2D eigenvalue weighted by Crippen LogP contribution is -2.20. The highest BCUT2D eigenvalue weighted by molar-refractivity contribution is 5.97. The number of rotatable bonds is 4. The van der Waals surface area contributed by atoms with Gasteiger partial charge in [-0.1, -0.05) is 18.2 Å². The summed E-state index contributed by atoms with van der Waals surface area (Å²) in [4.78, 5) is 32.6. The molecule has 8 heteroatoms. The van der Waals surface area contributed by atoms with Crippen molar-refractivity contribution in [3.8, 4) is 5.69 Å². The van der Waals surface area contributed by atoms with Crippen LogP contribution >= 0.6 is 0 Å². The molecule has 8 nitrogen and oxygen atoms in total. The van der Waals surface area contributed by atoms with E-state index in [0.717, 1.165) is 11.4 Å². The highest BCUT2D eigenvalue weighted by Gasteiger charge is 2.18. The Bertz CT molecular complexity index is 1260. The monoisotopic (exact) mass is 375 g/mol. The lowest BCUT2D eigenvalue weighted by Gasteiger charge is -2.08. The second-order valence-electron chi connectivity index (χ2n) is 6.32. The average molecular weight is 375 g/mol. The fourth-order valence-electron chi connectivity index (χ4n) is 3.12. The lowest BCUT2D eigenvalue weighted by molar-refractivity contribution is 0.0697. The van der Waals surface area contributed by atoms with Crippen molar-refractivity contribution in [2.45, 2.75) is 6.92 Å². The Balaban J connectivity index is 1.83. The van der Waals surface area contributed by atoms with Crippen LogP contribution in [0.2, 0.25) is 0 Å². The van der Waals surface area contributed by atoms with Crippen LogP contribution in [0, 0.1) is 6.92 Å². The van der Waals surface area contributed by atoms with Gasteiger partial charge in [0.1, 0.15) is 17.8 Å². The maximum Gasteiger partial charge on any atom is 0.335 e. The van der Waals surface area contributed by atoms with Crippen LogP contribution in [0.4, 0.5) is 11.5 Å². The van der Waals surface area contributed by atoms with Crippen molar-refractivity contribution in [3.05, 3.63) is 76.5 Å². The van der Waals surface area contributed by atoms with Gasteiger partial charge < -0.3 is 10.4 Å². The van der Waals surface area contributed by atoms with Crippen LogP contribution in [0.1, 0.15) is 16.1 Å². The van der Waals surface area contributed by atoms with Crippen LogP contribution in [0.5, 0.6) is 0 Å². The van der Waals surface area contributed by atoms with Gasteiger partial charge in [0.2, 0.25) is 0 Å². The van der Waals surface area contributed by atoms with E-state index >= 15 is 0 Å². The molecule has 4 rings (SSSR count). The molecule has 0 aliphatic carbocycles. The minimum Gasteiger partial charge on any atom is -0.478 e. The molecule has 2 aromatic heterocycles. The number of hydrogen-bond acceptors (Lipinski definition) is 5. The first-order valence-electron chi connectivity index (χ1n) is 8.56. The zero-order valence-electron chi connectivity index (χ0n) is 15.2. The van der Waals surface area contributed by atoms with Gasteiger partial charge in [-0.3, -0.25) is 9.48 Å². The lowest BCUT2D eigenvalue weighted by atomic mass is 10.1. The van der Waals surface area contributed by atoms with E-state index in [9.17, 15) is 9.59 Å². The predicted molar refractivity (Wildman–Crippen MR) is 106 cm³/mol. The Kier molecular flexibility index (Phi) is 4.15. The van der Waals surface area contributed by atoms with Crippen molar-refractivity contribution < 1.29 is 9.90 Å². The minimum absolute atomic E-state index is 0.138. The molecule has 0 radical (unpaired) electrons. The fraction of sp³-hybridized carbons (Fsp3) is 0.100.